The van der Waals surface area contributed by atoms with Gasteiger partial charge in [0, 0.05) is 44.4 Å². The van der Waals surface area contributed by atoms with Crippen LogP contribution in [0.15, 0.2) is 12.3 Å². The van der Waals surface area contributed by atoms with Crippen molar-refractivity contribution >= 4 is 17.6 Å². The maximum absolute atomic E-state index is 13.1. The van der Waals surface area contributed by atoms with Gasteiger partial charge in [-0.05, 0) is 44.8 Å². The Labute approximate surface area is 177 Å². The lowest BCUT2D eigenvalue weighted by atomic mass is 10.1. The molecule has 2 N–H and O–H groups in total. The van der Waals surface area contributed by atoms with E-state index in [9.17, 15) is 9.59 Å². The fourth-order valence-corrected chi connectivity index (χ4v) is 4.36. The zero-order valence-electron chi connectivity index (χ0n) is 18.2. The topological polar surface area (TPSA) is 86.3 Å². The first-order chi connectivity index (χ1) is 14.4. The Morgan fingerprint density at radius 2 is 2.00 bits per heavy atom. The van der Waals surface area contributed by atoms with E-state index in [4.69, 9.17) is 0 Å². The van der Waals surface area contributed by atoms with Crippen LogP contribution in [-0.4, -0.2) is 69.6 Å². The molecule has 0 radical (unpaired) electrons. The van der Waals surface area contributed by atoms with E-state index in [1.165, 1.54) is 0 Å². The standard InChI is InChI=1S/C22H32N6O2/c1-15(2)12-19(29)23-21-17-6-4-8-28-14-16(13-18(28)20(17)24-25-21)22(30)27-9-5-7-26(3)10-11-27/h13-15H,4-12H2,1-3H3,(H2,23,24,25,29). The molecule has 162 valence electrons. The number of rotatable bonds is 4. The normalized spacial score (nSPS) is 17.3. The van der Waals surface area contributed by atoms with Crippen LogP contribution >= 0.6 is 0 Å². The minimum absolute atomic E-state index is 0.0130. The number of aromatic nitrogens is 3. The number of likely N-dealkylation sites (N-methyl/N-ethyl adjacent to an activating group) is 1. The molecule has 0 aromatic carbocycles. The van der Waals surface area contributed by atoms with Crippen molar-refractivity contribution in [2.75, 3.05) is 38.5 Å². The van der Waals surface area contributed by atoms with E-state index in [0.717, 1.165) is 74.5 Å². The van der Waals surface area contributed by atoms with Gasteiger partial charge in [-0.15, -0.1) is 0 Å². The molecule has 2 aromatic heterocycles. The highest BCUT2D eigenvalue weighted by Crippen LogP contribution is 2.33. The van der Waals surface area contributed by atoms with E-state index >= 15 is 0 Å². The number of carbonyl (C=O) groups excluding carboxylic acids is 2. The van der Waals surface area contributed by atoms with Crippen molar-refractivity contribution in [3.05, 3.63) is 23.4 Å². The molecule has 0 spiro atoms. The van der Waals surface area contributed by atoms with Crippen LogP contribution in [0.4, 0.5) is 5.82 Å². The number of anilines is 1. The summed E-state index contributed by atoms with van der Waals surface area (Å²) in [7, 11) is 2.10. The van der Waals surface area contributed by atoms with Gasteiger partial charge in [0.1, 0.15) is 0 Å². The number of aryl methyl sites for hydroxylation is 1. The van der Waals surface area contributed by atoms with Crippen LogP contribution in [0.2, 0.25) is 0 Å². The molecule has 0 unspecified atom stereocenters. The molecular weight excluding hydrogens is 380 g/mol. The van der Waals surface area contributed by atoms with Crippen molar-refractivity contribution in [1.82, 2.24) is 24.6 Å². The maximum atomic E-state index is 13.1. The molecule has 0 atom stereocenters. The van der Waals surface area contributed by atoms with Crippen LogP contribution in [0.3, 0.4) is 0 Å². The van der Waals surface area contributed by atoms with Gasteiger partial charge in [-0.25, -0.2) is 0 Å². The number of fused-ring (bicyclic) bond motifs is 3. The molecule has 8 heteroatoms. The van der Waals surface area contributed by atoms with E-state index in [1.807, 2.05) is 31.0 Å². The number of nitrogens with one attached hydrogen (secondary N) is 2. The van der Waals surface area contributed by atoms with E-state index < -0.39 is 0 Å². The van der Waals surface area contributed by atoms with Gasteiger partial charge in [0.2, 0.25) is 5.91 Å². The summed E-state index contributed by atoms with van der Waals surface area (Å²) in [4.78, 5) is 29.6. The van der Waals surface area contributed by atoms with E-state index in [0.29, 0.717) is 18.2 Å². The Bertz CT molecular complexity index is 928. The zero-order valence-corrected chi connectivity index (χ0v) is 18.2. The van der Waals surface area contributed by atoms with E-state index in [-0.39, 0.29) is 11.8 Å². The third-order valence-electron chi connectivity index (χ3n) is 5.95. The molecule has 4 heterocycles. The summed E-state index contributed by atoms with van der Waals surface area (Å²) in [5.74, 6) is 0.999. The van der Waals surface area contributed by atoms with Crippen molar-refractivity contribution in [3.8, 4) is 11.4 Å². The third-order valence-corrected chi connectivity index (χ3v) is 5.95. The van der Waals surface area contributed by atoms with E-state index in [2.05, 4.69) is 32.0 Å². The molecule has 30 heavy (non-hydrogen) atoms. The first-order valence-corrected chi connectivity index (χ1v) is 11.0. The minimum atomic E-state index is -0.0130. The Kier molecular flexibility index (Phi) is 5.94. The van der Waals surface area contributed by atoms with E-state index in [1.54, 1.807) is 0 Å². The predicted molar refractivity (Wildman–Crippen MR) is 116 cm³/mol. The predicted octanol–water partition coefficient (Wildman–Crippen LogP) is 2.59. The van der Waals surface area contributed by atoms with Gasteiger partial charge in [0.25, 0.3) is 5.91 Å². The van der Waals surface area contributed by atoms with Gasteiger partial charge in [-0.3, -0.25) is 14.7 Å². The van der Waals surface area contributed by atoms with Crippen LogP contribution in [0.5, 0.6) is 0 Å². The van der Waals surface area contributed by atoms with Gasteiger partial charge in [-0.1, -0.05) is 13.8 Å². The van der Waals surface area contributed by atoms with Crippen molar-refractivity contribution in [1.29, 1.82) is 0 Å². The molecule has 2 aromatic rings. The second kappa shape index (κ2) is 8.63. The molecule has 2 aliphatic heterocycles. The van der Waals surface area contributed by atoms with Gasteiger partial charge >= 0.3 is 0 Å². The van der Waals surface area contributed by atoms with Crippen LogP contribution in [-0.2, 0) is 17.8 Å². The first-order valence-electron chi connectivity index (χ1n) is 11.0. The largest absolute Gasteiger partial charge is 0.345 e. The number of hydrogen-bond donors (Lipinski definition) is 2. The van der Waals surface area contributed by atoms with Crippen molar-refractivity contribution in [2.24, 2.45) is 5.92 Å². The summed E-state index contributed by atoms with van der Waals surface area (Å²) in [5.41, 5.74) is 3.62. The fourth-order valence-electron chi connectivity index (χ4n) is 4.36. The molecule has 1 saturated heterocycles. The molecule has 8 nitrogen and oxygen atoms in total. The highest BCUT2D eigenvalue weighted by molar-refractivity contribution is 5.96. The van der Waals surface area contributed by atoms with Gasteiger partial charge in [0.15, 0.2) is 5.82 Å². The SMILES string of the molecule is CC(C)CC(=O)Nc1n[nH]c2c1CCCn1cc(C(=O)N3CCCN(C)CC3)cc1-2. The van der Waals surface area contributed by atoms with Crippen molar-refractivity contribution in [3.63, 3.8) is 0 Å². The Morgan fingerprint density at radius 1 is 1.17 bits per heavy atom. The molecule has 0 saturated carbocycles. The quantitative estimate of drug-likeness (QED) is 0.808. The number of amides is 2. The Balaban J connectivity index is 1.57. The molecule has 4 rings (SSSR count). The number of H-pyrrole nitrogens is 1. The average Bonchev–Trinajstić information content (AvgIpc) is 3.15. The van der Waals surface area contributed by atoms with Crippen LogP contribution in [0.1, 0.15) is 49.0 Å². The maximum Gasteiger partial charge on any atom is 0.255 e. The van der Waals surface area contributed by atoms with Gasteiger partial charge in [0.05, 0.1) is 17.0 Å². The lowest BCUT2D eigenvalue weighted by molar-refractivity contribution is -0.116. The summed E-state index contributed by atoms with van der Waals surface area (Å²) in [6.07, 6.45) is 5.22. The number of carbonyl (C=O) groups is 2. The first kappa shape index (κ1) is 20.7. The number of aromatic amines is 1. The molecule has 2 aliphatic rings. The fraction of sp³-hybridized carbons (Fsp3) is 0.591. The zero-order chi connectivity index (χ0) is 21.3. The second-order valence-corrected chi connectivity index (χ2v) is 8.93. The van der Waals surface area contributed by atoms with Crippen molar-refractivity contribution in [2.45, 2.75) is 46.1 Å². The van der Waals surface area contributed by atoms with Crippen molar-refractivity contribution < 1.29 is 9.59 Å². The van der Waals surface area contributed by atoms with Crippen LogP contribution in [0.25, 0.3) is 11.4 Å². The lowest BCUT2D eigenvalue weighted by Gasteiger charge is -2.19. The molecule has 0 bridgehead atoms. The summed E-state index contributed by atoms with van der Waals surface area (Å²) < 4.78 is 2.14. The summed E-state index contributed by atoms with van der Waals surface area (Å²) >= 11 is 0. The molecular formula is C22H32N6O2. The summed E-state index contributed by atoms with van der Waals surface area (Å²) in [5, 5.41) is 10.5. The highest BCUT2D eigenvalue weighted by atomic mass is 16.2. The number of nitrogens with zero attached hydrogens (tertiary/aromatic N) is 4. The average molecular weight is 413 g/mol. The third kappa shape index (κ3) is 4.28. The monoisotopic (exact) mass is 412 g/mol. The Hall–Kier alpha value is -2.61. The molecule has 0 aliphatic carbocycles. The summed E-state index contributed by atoms with van der Waals surface area (Å²) in [6.45, 7) is 8.38. The molecule has 2 amide bonds. The second-order valence-electron chi connectivity index (χ2n) is 8.93. The van der Waals surface area contributed by atoms with Gasteiger partial charge in [-0.2, -0.15) is 5.10 Å². The van der Waals surface area contributed by atoms with Crippen LogP contribution < -0.4 is 5.32 Å². The van der Waals surface area contributed by atoms with Gasteiger partial charge < -0.3 is 19.7 Å². The Morgan fingerprint density at radius 3 is 2.80 bits per heavy atom. The number of hydrogen-bond acceptors (Lipinski definition) is 4. The lowest BCUT2D eigenvalue weighted by Crippen LogP contribution is -2.34. The smallest absolute Gasteiger partial charge is 0.255 e. The molecule has 1 fully saturated rings. The van der Waals surface area contributed by atoms with Crippen LogP contribution in [0, 0.1) is 5.92 Å². The summed E-state index contributed by atoms with van der Waals surface area (Å²) in [6, 6.07) is 1.97. The minimum Gasteiger partial charge on any atom is -0.345 e. The highest BCUT2D eigenvalue weighted by Gasteiger charge is 2.26.